The molecule has 8 nitrogen and oxygen atoms in total. The molecule has 0 saturated carbocycles. The topological polar surface area (TPSA) is 127 Å². The van der Waals surface area contributed by atoms with Crippen molar-refractivity contribution in [2.45, 2.75) is 33.1 Å². The van der Waals surface area contributed by atoms with Crippen LogP contribution in [0.15, 0.2) is 0 Å². The fourth-order valence-electron chi connectivity index (χ4n) is 2.23. The van der Waals surface area contributed by atoms with E-state index in [1.165, 1.54) is 0 Å². The third-order valence-corrected chi connectivity index (χ3v) is 4.43. The molecule has 9 heteroatoms. The van der Waals surface area contributed by atoms with Crippen LogP contribution in [0.2, 0.25) is 0 Å². The summed E-state index contributed by atoms with van der Waals surface area (Å²) in [5.41, 5.74) is -1.25. The molecule has 1 saturated heterocycles. The Bertz CT molecular complexity index is 524. The van der Waals surface area contributed by atoms with Crippen molar-refractivity contribution in [3.63, 3.8) is 0 Å². The Hall–Kier alpha value is -1.48. The van der Waals surface area contributed by atoms with Crippen LogP contribution in [-0.2, 0) is 19.6 Å². The third kappa shape index (κ3) is 3.15. The molecule has 0 unspecified atom stereocenters. The van der Waals surface area contributed by atoms with Crippen molar-refractivity contribution >= 4 is 27.9 Å². The van der Waals surface area contributed by atoms with Crippen LogP contribution in [-0.4, -0.2) is 43.5 Å². The molecule has 1 heterocycles. The first-order valence-electron chi connectivity index (χ1n) is 6.35. The molecule has 1 fully saturated rings. The zero-order valence-electron chi connectivity index (χ0n) is 11.5. The Morgan fingerprint density at radius 3 is 2.20 bits per heavy atom. The van der Waals surface area contributed by atoms with Crippen LogP contribution in [0.25, 0.3) is 0 Å². The highest BCUT2D eigenvalue weighted by Crippen LogP contribution is 2.32. The summed E-state index contributed by atoms with van der Waals surface area (Å²) in [6.45, 7) is 3.30. The zero-order valence-corrected chi connectivity index (χ0v) is 12.3. The Morgan fingerprint density at radius 2 is 1.75 bits per heavy atom. The number of nitrogens with zero attached hydrogens (tertiary/aromatic N) is 1. The molecule has 0 aliphatic carbocycles. The van der Waals surface area contributed by atoms with Gasteiger partial charge >= 0.3 is 6.03 Å². The lowest BCUT2D eigenvalue weighted by atomic mass is 9.78. The number of nitrogens with two attached hydrogens (primary N) is 1. The van der Waals surface area contributed by atoms with Gasteiger partial charge in [0.05, 0.1) is 5.75 Å². The zero-order chi connectivity index (χ0) is 15.6. The van der Waals surface area contributed by atoms with Gasteiger partial charge in [0.15, 0.2) is 0 Å². The molecule has 0 aromatic heterocycles. The van der Waals surface area contributed by atoms with Crippen LogP contribution < -0.4 is 10.5 Å². The first-order valence-corrected chi connectivity index (χ1v) is 8.07. The fourth-order valence-corrected chi connectivity index (χ4v) is 2.76. The Kier molecular flexibility index (Phi) is 4.87. The minimum Gasteiger partial charge on any atom is -0.277 e. The van der Waals surface area contributed by atoms with E-state index in [1.54, 1.807) is 13.8 Å². The van der Waals surface area contributed by atoms with Crippen LogP contribution in [0.5, 0.6) is 0 Å². The molecular formula is C11H19N3O5S. The highest BCUT2D eigenvalue weighted by atomic mass is 32.2. The van der Waals surface area contributed by atoms with Crippen molar-refractivity contribution in [2.75, 3.05) is 12.3 Å². The van der Waals surface area contributed by atoms with E-state index in [9.17, 15) is 22.8 Å². The summed E-state index contributed by atoms with van der Waals surface area (Å²) in [6.07, 6.45) is 0.579. The smallest absolute Gasteiger partial charge is 0.277 e. The van der Waals surface area contributed by atoms with Gasteiger partial charge in [0.1, 0.15) is 5.41 Å². The van der Waals surface area contributed by atoms with Crippen molar-refractivity contribution in [1.82, 2.24) is 10.2 Å². The van der Waals surface area contributed by atoms with Gasteiger partial charge in [-0.1, -0.05) is 13.8 Å². The molecule has 1 rings (SSSR count). The Morgan fingerprint density at radius 1 is 1.20 bits per heavy atom. The highest BCUT2D eigenvalue weighted by Gasteiger charge is 2.51. The molecule has 0 aromatic rings. The summed E-state index contributed by atoms with van der Waals surface area (Å²) in [7, 11) is -3.65. The van der Waals surface area contributed by atoms with Gasteiger partial charge in [-0.25, -0.2) is 18.4 Å². The Labute approximate surface area is 117 Å². The van der Waals surface area contributed by atoms with Gasteiger partial charge in [-0.3, -0.25) is 19.8 Å². The number of primary sulfonamides is 1. The predicted molar refractivity (Wildman–Crippen MR) is 70.9 cm³/mol. The van der Waals surface area contributed by atoms with Crippen molar-refractivity contribution in [3.8, 4) is 0 Å². The minimum atomic E-state index is -3.65. The molecule has 0 spiro atoms. The maximum absolute atomic E-state index is 12.3. The molecule has 1 aliphatic rings. The largest absolute Gasteiger partial charge is 0.330 e. The second-order valence-corrected chi connectivity index (χ2v) is 6.46. The number of amides is 4. The van der Waals surface area contributed by atoms with Gasteiger partial charge in [-0.15, -0.1) is 0 Å². The van der Waals surface area contributed by atoms with Crippen molar-refractivity contribution in [1.29, 1.82) is 0 Å². The minimum absolute atomic E-state index is 0.0374. The molecular weight excluding hydrogens is 286 g/mol. The van der Waals surface area contributed by atoms with Gasteiger partial charge in [0.25, 0.3) is 0 Å². The average Bonchev–Trinajstić information content (AvgIpc) is 2.33. The van der Waals surface area contributed by atoms with Gasteiger partial charge < -0.3 is 0 Å². The fraction of sp³-hybridized carbons (Fsp3) is 0.727. The van der Waals surface area contributed by atoms with Crippen molar-refractivity contribution < 1.29 is 22.8 Å². The molecule has 0 radical (unpaired) electrons. The maximum Gasteiger partial charge on any atom is 0.330 e. The molecule has 0 aromatic carbocycles. The third-order valence-electron chi connectivity index (χ3n) is 3.57. The second-order valence-electron chi connectivity index (χ2n) is 4.73. The lowest BCUT2D eigenvalue weighted by Gasteiger charge is -2.38. The van der Waals surface area contributed by atoms with Crippen LogP contribution in [0.3, 0.4) is 0 Å². The van der Waals surface area contributed by atoms with E-state index in [1.807, 2.05) is 0 Å². The number of imide groups is 2. The maximum atomic E-state index is 12.3. The molecule has 114 valence electrons. The van der Waals surface area contributed by atoms with Gasteiger partial charge in [0, 0.05) is 6.54 Å². The molecule has 20 heavy (non-hydrogen) atoms. The predicted octanol–water partition coefficient (Wildman–Crippen LogP) is -0.450. The monoisotopic (exact) mass is 305 g/mol. The standard InChI is InChI=1S/C11H19N3O5S/c1-3-11(4-2)8(15)13-10(17)14(9(11)16)6-5-7-20(12,18)19/h3-7H2,1-2H3,(H2,12,18,19)(H,13,15,17). The van der Waals surface area contributed by atoms with Gasteiger partial charge in [0.2, 0.25) is 21.8 Å². The van der Waals surface area contributed by atoms with Crippen LogP contribution in [0.4, 0.5) is 4.79 Å². The van der Waals surface area contributed by atoms with Crippen LogP contribution >= 0.6 is 0 Å². The highest BCUT2D eigenvalue weighted by molar-refractivity contribution is 7.89. The van der Waals surface area contributed by atoms with Gasteiger partial charge in [-0.05, 0) is 19.3 Å². The van der Waals surface area contributed by atoms with Crippen molar-refractivity contribution in [2.24, 2.45) is 10.6 Å². The van der Waals surface area contributed by atoms with E-state index < -0.39 is 33.3 Å². The van der Waals surface area contributed by atoms with E-state index in [0.29, 0.717) is 0 Å². The lowest BCUT2D eigenvalue weighted by Crippen LogP contribution is -2.63. The number of barbiturate groups is 1. The second kappa shape index (κ2) is 5.88. The number of carbonyl (C=O) groups is 3. The SMILES string of the molecule is CCC1(CC)C(=O)NC(=O)N(CCCS(N)(=O)=O)C1=O. The first-order chi connectivity index (χ1) is 9.18. The number of sulfonamides is 1. The van der Waals surface area contributed by atoms with E-state index >= 15 is 0 Å². The summed E-state index contributed by atoms with van der Waals surface area (Å²) in [5.74, 6) is -1.51. The first kappa shape index (κ1) is 16.6. The summed E-state index contributed by atoms with van der Waals surface area (Å²) >= 11 is 0. The summed E-state index contributed by atoms with van der Waals surface area (Å²) < 4.78 is 21.7. The molecule has 0 bridgehead atoms. The number of carbonyl (C=O) groups excluding carboxylic acids is 3. The summed E-state index contributed by atoms with van der Waals surface area (Å²) in [4.78, 5) is 36.8. The van der Waals surface area contributed by atoms with E-state index in [0.717, 1.165) is 4.90 Å². The lowest BCUT2D eigenvalue weighted by molar-refractivity contribution is -0.152. The number of hydrogen-bond donors (Lipinski definition) is 2. The number of urea groups is 1. The molecule has 4 amide bonds. The summed E-state index contributed by atoms with van der Waals surface area (Å²) in [6, 6.07) is -0.813. The van der Waals surface area contributed by atoms with Crippen LogP contribution in [0, 0.1) is 5.41 Å². The number of rotatable bonds is 6. The normalized spacial score (nSPS) is 19.1. The van der Waals surface area contributed by atoms with E-state index in [4.69, 9.17) is 5.14 Å². The Balaban J connectivity index is 2.88. The summed E-state index contributed by atoms with van der Waals surface area (Å²) in [5, 5.41) is 7.01. The number of hydrogen-bond acceptors (Lipinski definition) is 5. The van der Waals surface area contributed by atoms with E-state index in [-0.39, 0.29) is 31.6 Å². The van der Waals surface area contributed by atoms with E-state index in [2.05, 4.69) is 5.32 Å². The average molecular weight is 305 g/mol. The molecule has 0 atom stereocenters. The van der Waals surface area contributed by atoms with Gasteiger partial charge in [-0.2, -0.15) is 0 Å². The quantitative estimate of drug-likeness (QED) is 0.643. The number of nitrogens with one attached hydrogen (secondary N) is 1. The van der Waals surface area contributed by atoms with Crippen LogP contribution in [0.1, 0.15) is 33.1 Å². The molecule has 1 aliphatic heterocycles. The molecule has 3 N–H and O–H groups in total. The van der Waals surface area contributed by atoms with Crippen molar-refractivity contribution in [3.05, 3.63) is 0 Å².